The maximum Gasteiger partial charge on any atom is 0.415 e. The zero-order chi connectivity index (χ0) is 20.6. The summed E-state index contributed by atoms with van der Waals surface area (Å²) in [5, 5.41) is 0. The van der Waals surface area contributed by atoms with Gasteiger partial charge in [-0.05, 0) is 67.2 Å². The van der Waals surface area contributed by atoms with E-state index < -0.39 is 29.4 Å². The fraction of sp³-hybridized carbons (Fsp3) is 0.381. The number of carbonyl (C=O) groups excluding carboxylic acids is 1. The Morgan fingerprint density at radius 1 is 1.25 bits per heavy atom. The van der Waals surface area contributed by atoms with Crippen LogP contribution in [0, 0.1) is 11.6 Å². The minimum Gasteiger partial charge on any atom is -0.496 e. The fourth-order valence-electron chi connectivity index (χ4n) is 3.43. The summed E-state index contributed by atoms with van der Waals surface area (Å²) in [4.78, 5) is 14.5. The predicted molar refractivity (Wildman–Crippen MR) is 107 cm³/mol. The highest BCUT2D eigenvalue weighted by Gasteiger charge is 2.38. The van der Waals surface area contributed by atoms with Crippen LogP contribution in [0.3, 0.4) is 0 Å². The molecule has 0 N–H and O–H groups in total. The first-order valence-electron chi connectivity index (χ1n) is 8.95. The van der Waals surface area contributed by atoms with Crippen molar-refractivity contribution in [2.24, 2.45) is 0 Å². The minimum atomic E-state index is -1.03. The van der Waals surface area contributed by atoms with E-state index in [9.17, 15) is 13.6 Å². The summed E-state index contributed by atoms with van der Waals surface area (Å²) < 4.78 is 39.3. The largest absolute Gasteiger partial charge is 0.496 e. The molecule has 1 heterocycles. The Morgan fingerprint density at radius 3 is 2.57 bits per heavy atom. The second-order valence-corrected chi connectivity index (χ2v) is 8.43. The van der Waals surface area contributed by atoms with Crippen LogP contribution in [0.4, 0.5) is 19.3 Å². The molecule has 0 radical (unpaired) electrons. The number of halogens is 3. The number of hydrogen-bond acceptors (Lipinski definition) is 3. The van der Waals surface area contributed by atoms with Gasteiger partial charge < -0.3 is 9.47 Å². The van der Waals surface area contributed by atoms with Crippen molar-refractivity contribution in [1.29, 1.82) is 0 Å². The Labute approximate surface area is 171 Å². The first kappa shape index (κ1) is 20.6. The van der Waals surface area contributed by atoms with Gasteiger partial charge in [0.25, 0.3) is 0 Å². The summed E-state index contributed by atoms with van der Waals surface area (Å²) in [5.41, 5.74) is 0.863. The maximum atomic E-state index is 14.3. The first-order valence-corrected chi connectivity index (χ1v) is 9.75. The molecule has 150 valence electrons. The molecule has 1 amide bonds. The van der Waals surface area contributed by atoms with E-state index in [0.29, 0.717) is 24.2 Å². The number of nitrogens with zero attached hydrogens (tertiary/aromatic N) is 1. The molecule has 0 fully saturated rings. The number of amides is 1. The minimum absolute atomic E-state index is 0.0899. The molecule has 1 atom stereocenters. The number of aryl methyl sites for hydroxylation is 1. The topological polar surface area (TPSA) is 38.8 Å². The number of carbonyl (C=O) groups is 1. The van der Waals surface area contributed by atoms with Gasteiger partial charge in [-0.1, -0.05) is 18.2 Å². The average molecular weight is 454 g/mol. The van der Waals surface area contributed by atoms with Crippen molar-refractivity contribution >= 4 is 27.7 Å². The first-order chi connectivity index (χ1) is 13.1. The van der Waals surface area contributed by atoms with Crippen LogP contribution in [-0.4, -0.2) is 18.8 Å². The molecule has 1 aliphatic rings. The lowest BCUT2D eigenvalue weighted by molar-refractivity contribution is 0.0559. The van der Waals surface area contributed by atoms with E-state index in [0.717, 1.165) is 11.6 Å². The van der Waals surface area contributed by atoms with Gasteiger partial charge in [0.05, 0.1) is 23.3 Å². The van der Waals surface area contributed by atoms with E-state index in [4.69, 9.17) is 9.47 Å². The van der Waals surface area contributed by atoms with Crippen molar-refractivity contribution in [3.05, 3.63) is 57.6 Å². The summed E-state index contributed by atoms with van der Waals surface area (Å²) in [6.45, 7) is 5.27. The second-order valence-electron chi connectivity index (χ2n) is 7.64. The number of para-hydroxylation sites is 1. The lowest BCUT2D eigenvalue weighted by atomic mass is 9.91. The van der Waals surface area contributed by atoms with Crippen molar-refractivity contribution in [1.82, 2.24) is 0 Å². The molecule has 28 heavy (non-hydrogen) atoms. The molecule has 7 heteroatoms. The monoisotopic (exact) mass is 453 g/mol. The molecular formula is C21H22BrF2NO3. The quantitative estimate of drug-likeness (QED) is 0.510. The Kier molecular flexibility index (Phi) is 5.66. The van der Waals surface area contributed by atoms with Crippen molar-refractivity contribution in [3.8, 4) is 5.75 Å². The lowest BCUT2D eigenvalue weighted by Crippen LogP contribution is -2.42. The third kappa shape index (κ3) is 3.85. The zero-order valence-corrected chi connectivity index (χ0v) is 17.8. The summed E-state index contributed by atoms with van der Waals surface area (Å²) >= 11 is 3.15. The smallest absolute Gasteiger partial charge is 0.415 e. The number of methoxy groups -OCH3 is 1. The molecule has 0 spiro atoms. The highest BCUT2D eigenvalue weighted by atomic mass is 79.9. The molecule has 4 nitrogen and oxygen atoms in total. The summed E-state index contributed by atoms with van der Waals surface area (Å²) in [6, 6.07) is 8.05. The van der Waals surface area contributed by atoms with Gasteiger partial charge in [0.2, 0.25) is 0 Å². The number of benzene rings is 2. The van der Waals surface area contributed by atoms with Crippen LogP contribution in [0.25, 0.3) is 0 Å². The van der Waals surface area contributed by atoms with Gasteiger partial charge >= 0.3 is 6.09 Å². The van der Waals surface area contributed by atoms with Crippen LogP contribution in [-0.2, 0) is 11.2 Å². The highest BCUT2D eigenvalue weighted by molar-refractivity contribution is 9.10. The Balaban J connectivity index is 2.19. The highest BCUT2D eigenvalue weighted by Crippen LogP contribution is 2.46. The summed E-state index contributed by atoms with van der Waals surface area (Å²) in [6.07, 6.45) is 0.369. The van der Waals surface area contributed by atoms with Gasteiger partial charge in [0, 0.05) is 5.56 Å². The number of ether oxygens (including phenoxy) is 2. The van der Waals surface area contributed by atoms with Crippen LogP contribution >= 0.6 is 15.9 Å². The van der Waals surface area contributed by atoms with E-state index in [1.54, 1.807) is 33.9 Å². The Hall–Kier alpha value is -2.15. The number of fused-ring (bicyclic) bond motifs is 1. The summed E-state index contributed by atoms with van der Waals surface area (Å²) in [7, 11) is 1.55. The van der Waals surface area contributed by atoms with E-state index in [-0.39, 0.29) is 10.2 Å². The normalized spacial score (nSPS) is 16.5. The van der Waals surface area contributed by atoms with Crippen LogP contribution in [0.15, 0.2) is 34.8 Å². The van der Waals surface area contributed by atoms with E-state index in [2.05, 4.69) is 15.9 Å². The molecular weight excluding hydrogens is 432 g/mol. The van der Waals surface area contributed by atoms with Gasteiger partial charge in [-0.25, -0.2) is 13.6 Å². The maximum absolute atomic E-state index is 14.3. The van der Waals surface area contributed by atoms with Gasteiger partial charge in [0.15, 0.2) is 11.6 Å². The van der Waals surface area contributed by atoms with E-state index >= 15 is 0 Å². The Bertz CT molecular complexity index is 911. The van der Waals surface area contributed by atoms with Crippen LogP contribution < -0.4 is 9.64 Å². The average Bonchev–Trinajstić information content (AvgIpc) is 2.64. The van der Waals surface area contributed by atoms with Crippen molar-refractivity contribution in [3.63, 3.8) is 0 Å². The van der Waals surface area contributed by atoms with Crippen LogP contribution in [0.5, 0.6) is 5.75 Å². The third-order valence-electron chi connectivity index (χ3n) is 4.54. The van der Waals surface area contributed by atoms with Gasteiger partial charge in [-0.2, -0.15) is 0 Å². The second kappa shape index (κ2) is 7.70. The fourth-order valence-corrected chi connectivity index (χ4v) is 4.06. The number of rotatable bonds is 2. The molecule has 0 bridgehead atoms. The lowest BCUT2D eigenvalue weighted by Gasteiger charge is -2.39. The molecule has 0 aliphatic carbocycles. The molecule has 0 saturated carbocycles. The SMILES string of the molecule is COc1ccccc1C1CCc2cc(F)c(F)c(Br)c2N1C(=O)OC(C)(C)C. The van der Waals surface area contributed by atoms with Crippen molar-refractivity contribution in [2.45, 2.75) is 45.3 Å². The summed E-state index contributed by atoms with van der Waals surface area (Å²) in [5.74, 6) is -1.37. The van der Waals surface area contributed by atoms with Crippen molar-refractivity contribution in [2.75, 3.05) is 12.0 Å². The van der Waals surface area contributed by atoms with Crippen LogP contribution in [0.2, 0.25) is 0 Å². The van der Waals surface area contributed by atoms with Crippen molar-refractivity contribution < 1.29 is 23.0 Å². The zero-order valence-electron chi connectivity index (χ0n) is 16.2. The van der Waals surface area contributed by atoms with Gasteiger partial charge in [-0.3, -0.25) is 4.90 Å². The third-order valence-corrected chi connectivity index (χ3v) is 5.27. The number of hydrogen-bond donors (Lipinski definition) is 0. The van der Waals surface area contributed by atoms with Gasteiger partial charge in [0.1, 0.15) is 11.4 Å². The molecule has 0 aromatic heterocycles. The molecule has 0 saturated heterocycles. The van der Waals surface area contributed by atoms with E-state index in [1.807, 2.05) is 18.2 Å². The molecule has 3 rings (SSSR count). The van der Waals surface area contributed by atoms with Gasteiger partial charge in [-0.15, -0.1) is 0 Å². The van der Waals surface area contributed by atoms with Crippen LogP contribution in [0.1, 0.15) is 44.4 Å². The molecule has 1 aliphatic heterocycles. The number of anilines is 1. The molecule has 1 unspecified atom stereocenters. The Morgan fingerprint density at radius 2 is 1.93 bits per heavy atom. The predicted octanol–water partition coefficient (Wildman–Crippen LogP) is 6.16. The standard InChI is InChI=1S/C21H22BrF2NO3/c1-21(2,3)28-20(26)25-15(13-7-5-6-8-16(13)27-4)10-9-12-11-14(23)18(24)17(22)19(12)25/h5-8,11,15H,9-10H2,1-4H3. The molecule has 2 aromatic rings. The molecule has 2 aromatic carbocycles. The van der Waals surface area contributed by atoms with E-state index in [1.165, 1.54) is 4.90 Å².